The average Bonchev–Trinajstić information content (AvgIpc) is 2.16. The second-order valence-corrected chi connectivity index (χ2v) is 3.18. The number of phenolic OH excluding ortho intramolecular Hbond substituents is 1. The SMILES string of the molecule is Cc1cc(=O)oc2cc(O)c(N=O)cc12. The molecule has 0 aliphatic carbocycles. The van der Waals surface area contributed by atoms with E-state index < -0.39 is 5.63 Å². The molecule has 2 aromatic rings. The monoisotopic (exact) mass is 205 g/mol. The smallest absolute Gasteiger partial charge is 0.336 e. The van der Waals surface area contributed by atoms with Crippen molar-refractivity contribution in [3.05, 3.63) is 39.1 Å². The van der Waals surface area contributed by atoms with Gasteiger partial charge in [0.25, 0.3) is 0 Å². The number of nitrogens with zero attached hydrogens (tertiary/aromatic N) is 1. The molecule has 5 heteroatoms. The van der Waals surface area contributed by atoms with E-state index in [0.29, 0.717) is 10.9 Å². The fraction of sp³-hybridized carbons (Fsp3) is 0.100. The summed E-state index contributed by atoms with van der Waals surface area (Å²) in [4.78, 5) is 21.4. The van der Waals surface area contributed by atoms with Crippen LogP contribution < -0.4 is 5.63 Å². The van der Waals surface area contributed by atoms with Crippen LogP contribution in [0.4, 0.5) is 5.69 Å². The first-order valence-corrected chi connectivity index (χ1v) is 4.22. The number of benzene rings is 1. The van der Waals surface area contributed by atoms with Crippen molar-refractivity contribution in [1.82, 2.24) is 0 Å². The third kappa shape index (κ3) is 1.48. The van der Waals surface area contributed by atoms with E-state index in [0.717, 1.165) is 0 Å². The van der Waals surface area contributed by atoms with Gasteiger partial charge in [-0.15, -0.1) is 4.91 Å². The maximum atomic E-state index is 11.0. The van der Waals surface area contributed by atoms with Gasteiger partial charge in [0.2, 0.25) is 0 Å². The van der Waals surface area contributed by atoms with Crippen molar-refractivity contribution < 1.29 is 9.52 Å². The van der Waals surface area contributed by atoms with Crippen LogP contribution in [0, 0.1) is 11.8 Å². The zero-order valence-electron chi connectivity index (χ0n) is 7.85. The Morgan fingerprint density at radius 3 is 2.73 bits per heavy atom. The molecule has 0 unspecified atom stereocenters. The summed E-state index contributed by atoms with van der Waals surface area (Å²) in [5.41, 5.74) is 0.349. The lowest BCUT2D eigenvalue weighted by molar-refractivity contribution is 0.474. The van der Waals surface area contributed by atoms with E-state index in [-0.39, 0.29) is 17.0 Å². The van der Waals surface area contributed by atoms with Gasteiger partial charge in [0.1, 0.15) is 17.0 Å². The van der Waals surface area contributed by atoms with Crippen LogP contribution in [0.2, 0.25) is 0 Å². The van der Waals surface area contributed by atoms with Gasteiger partial charge < -0.3 is 9.52 Å². The summed E-state index contributed by atoms with van der Waals surface area (Å²) in [5.74, 6) is -0.300. The van der Waals surface area contributed by atoms with Gasteiger partial charge in [-0.2, -0.15) is 0 Å². The van der Waals surface area contributed by atoms with Gasteiger partial charge in [0.05, 0.1) is 0 Å². The molecule has 0 radical (unpaired) electrons. The molecule has 0 amide bonds. The van der Waals surface area contributed by atoms with Crippen LogP contribution in [0.15, 0.2) is 32.6 Å². The van der Waals surface area contributed by atoms with Gasteiger partial charge in [0.15, 0.2) is 0 Å². The van der Waals surface area contributed by atoms with Crippen molar-refractivity contribution in [3.63, 3.8) is 0 Å². The summed E-state index contributed by atoms with van der Waals surface area (Å²) in [5, 5.41) is 12.6. The molecule has 2 rings (SSSR count). The second-order valence-electron chi connectivity index (χ2n) is 3.18. The first kappa shape index (κ1) is 9.39. The molecular weight excluding hydrogens is 198 g/mol. The van der Waals surface area contributed by atoms with Crippen LogP contribution in [0.5, 0.6) is 5.75 Å². The molecule has 0 atom stereocenters. The van der Waals surface area contributed by atoms with Crippen molar-refractivity contribution >= 4 is 16.7 Å². The molecule has 0 aliphatic rings. The Morgan fingerprint density at radius 1 is 1.33 bits per heavy atom. The highest BCUT2D eigenvalue weighted by atomic mass is 16.4. The van der Waals surface area contributed by atoms with E-state index in [9.17, 15) is 14.8 Å². The molecule has 0 fully saturated rings. The third-order valence-electron chi connectivity index (χ3n) is 2.14. The Hall–Kier alpha value is -2.17. The normalized spacial score (nSPS) is 10.5. The van der Waals surface area contributed by atoms with Crippen molar-refractivity contribution in [3.8, 4) is 5.75 Å². The lowest BCUT2D eigenvalue weighted by Crippen LogP contribution is -1.97. The summed E-state index contributed by atoms with van der Waals surface area (Å²) in [6.07, 6.45) is 0. The number of aryl methyl sites for hydroxylation is 1. The fourth-order valence-corrected chi connectivity index (χ4v) is 1.42. The van der Waals surface area contributed by atoms with Crippen molar-refractivity contribution in [1.29, 1.82) is 0 Å². The van der Waals surface area contributed by atoms with E-state index in [1.54, 1.807) is 6.92 Å². The van der Waals surface area contributed by atoms with E-state index in [2.05, 4.69) is 5.18 Å². The highest BCUT2D eigenvalue weighted by molar-refractivity contribution is 5.85. The highest BCUT2D eigenvalue weighted by Gasteiger charge is 2.08. The molecular formula is C10H7NO4. The first-order chi connectivity index (χ1) is 7.11. The summed E-state index contributed by atoms with van der Waals surface area (Å²) in [6, 6.07) is 3.91. The zero-order chi connectivity index (χ0) is 11.0. The van der Waals surface area contributed by atoms with E-state index in [4.69, 9.17) is 4.42 Å². The van der Waals surface area contributed by atoms with Crippen LogP contribution in [0.3, 0.4) is 0 Å². The lowest BCUT2D eigenvalue weighted by Gasteiger charge is -2.01. The molecule has 15 heavy (non-hydrogen) atoms. The first-order valence-electron chi connectivity index (χ1n) is 4.22. The summed E-state index contributed by atoms with van der Waals surface area (Å²) in [7, 11) is 0. The Bertz CT molecular complexity index is 600. The van der Waals surface area contributed by atoms with Gasteiger partial charge in [-0.05, 0) is 23.7 Å². The standard InChI is InChI=1S/C10H7NO4/c1-5-2-10(13)15-9-4-8(12)7(11-14)3-6(5)9/h2-4,12H,1H3. The highest BCUT2D eigenvalue weighted by Crippen LogP contribution is 2.31. The van der Waals surface area contributed by atoms with Gasteiger partial charge in [-0.3, -0.25) is 0 Å². The van der Waals surface area contributed by atoms with E-state index in [1.165, 1.54) is 18.2 Å². The molecule has 0 aliphatic heterocycles. The van der Waals surface area contributed by atoms with Gasteiger partial charge >= 0.3 is 5.63 Å². The molecule has 0 saturated heterocycles. The quantitative estimate of drug-likeness (QED) is 0.571. The number of fused-ring (bicyclic) bond motifs is 1. The molecule has 0 bridgehead atoms. The Morgan fingerprint density at radius 2 is 2.07 bits per heavy atom. The molecule has 1 aromatic carbocycles. The molecule has 1 heterocycles. The maximum Gasteiger partial charge on any atom is 0.336 e. The van der Waals surface area contributed by atoms with Crippen LogP contribution in [-0.4, -0.2) is 5.11 Å². The summed E-state index contributed by atoms with van der Waals surface area (Å²) in [6.45, 7) is 1.71. The van der Waals surface area contributed by atoms with Crippen LogP contribution >= 0.6 is 0 Å². The largest absolute Gasteiger partial charge is 0.505 e. The number of hydrogen-bond acceptors (Lipinski definition) is 5. The maximum absolute atomic E-state index is 11.0. The summed E-state index contributed by atoms with van der Waals surface area (Å²) < 4.78 is 4.86. The molecule has 0 saturated carbocycles. The fourth-order valence-electron chi connectivity index (χ4n) is 1.42. The summed E-state index contributed by atoms with van der Waals surface area (Å²) >= 11 is 0. The predicted molar refractivity (Wildman–Crippen MR) is 54.3 cm³/mol. The van der Waals surface area contributed by atoms with E-state index >= 15 is 0 Å². The minimum atomic E-state index is -0.494. The zero-order valence-corrected chi connectivity index (χ0v) is 7.85. The van der Waals surface area contributed by atoms with Gasteiger partial charge in [-0.1, -0.05) is 0 Å². The number of hydrogen-bond donors (Lipinski definition) is 1. The second kappa shape index (κ2) is 3.20. The lowest BCUT2D eigenvalue weighted by atomic mass is 10.1. The van der Waals surface area contributed by atoms with E-state index in [1.807, 2.05) is 0 Å². The van der Waals surface area contributed by atoms with Crippen LogP contribution in [0.25, 0.3) is 11.0 Å². The van der Waals surface area contributed by atoms with Crippen molar-refractivity contribution in [2.24, 2.45) is 5.18 Å². The third-order valence-corrected chi connectivity index (χ3v) is 2.14. The van der Waals surface area contributed by atoms with Crippen LogP contribution in [-0.2, 0) is 0 Å². The average molecular weight is 205 g/mol. The topological polar surface area (TPSA) is 79.9 Å². The van der Waals surface area contributed by atoms with Crippen molar-refractivity contribution in [2.75, 3.05) is 0 Å². The number of rotatable bonds is 1. The number of nitroso groups, excluding NO2 is 1. The van der Waals surface area contributed by atoms with Crippen molar-refractivity contribution in [2.45, 2.75) is 6.92 Å². The Kier molecular flexibility index (Phi) is 2.00. The Balaban J connectivity index is 2.93. The van der Waals surface area contributed by atoms with Gasteiger partial charge in [-0.25, -0.2) is 4.79 Å². The molecule has 76 valence electrons. The molecule has 0 spiro atoms. The van der Waals surface area contributed by atoms with Gasteiger partial charge in [0, 0.05) is 17.5 Å². The Labute approximate surface area is 83.9 Å². The minimum Gasteiger partial charge on any atom is -0.505 e. The molecule has 1 N–H and O–H groups in total. The number of phenols is 1. The van der Waals surface area contributed by atoms with Crippen LogP contribution in [0.1, 0.15) is 5.56 Å². The molecule has 1 aromatic heterocycles. The predicted octanol–water partition coefficient (Wildman–Crippen LogP) is 2.20. The minimum absolute atomic E-state index is 0.0700. The molecule has 5 nitrogen and oxygen atoms in total. The number of aromatic hydroxyl groups is 1.